The molecule has 158 valence electrons. The Morgan fingerprint density at radius 1 is 1.11 bits per heavy atom. The molecule has 1 aliphatic heterocycles. The van der Waals surface area contributed by atoms with E-state index in [1.54, 1.807) is 23.5 Å². The van der Waals surface area contributed by atoms with Crippen LogP contribution in [0.4, 0.5) is 0 Å². The van der Waals surface area contributed by atoms with Crippen LogP contribution in [0.15, 0.2) is 34.2 Å². The fraction of sp³-hybridized carbons (Fsp3) is 0.650. The van der Waals surface area contributed by atoms with Crippen LogP contribution in [-0.4, -0.2) is 58.6 Å². The van der Waals surface area contributed by atoms with Gasteiger partial charge in [0.15, 0.2) is 5.96 Å². The molecule has 7 nitrogen and oxygen atoms in total. The van der Waals surface area contributed by atoms with Gasteiger partial charge in [-0.1, -0.05) is 18.6 Å². The van der Waals surface area contributed by atoms with Gasteiger partial charge >= 0.3 is 0 Å². The molecule has 1 fully saturated rings. The Labute approximate surface area is 169 Å². The number of guanidine groups is 1. The summed E-state index contributed by atoms with van der Waals surface area (Å²) in [5.74, 6) is 0.737. The van der Waals surface area contributed by atoms with E-state index in [2.05, 4.69) is 15.6 Å². The molecule has 1 aliphatic rings. The van der Waals surface area contributed by atoms with Crippen molar-refractivity contribution in [3.63, 3.8) is 0 Å². The summed E-state index contributed by atoms with van der Waals surface area (Å²) < 4.78 is 32.3. The van der Waals surface area contributed by atoms with Crippen molar-refractivity contribution in [2.24, 2.45) is 4.99 Å². The van der Waals surface area contributed by atoms with Crippen molar-refractivity contribution < 1.29 is 13.2 Å². The van der Waals surface area contributed by atoms with Crippen LogP contribution >= 0.6 is 0 Å². The number of ether oxygens (including phenoxy) is 1. The quantitative estimate of drug-likeness (QED) is 0.351. The number of nitrogens with one attached hydrogen (secondary N) is 2. The number of benzene rings is 1. The monoisotopic (exact) mass is 410 g/mol. The molecule has 1 aromatic rings. The van der Waals surface area contributed by atoms with E-state index in [-0.39, 0.29) is 0 Å². The van der Waals surface area contributed by atoms with E-state index in [9.17, 15) is 8.42 Å². The first-order chi connectivity index (χ1) is 13.6. The molecule has 2 N–H and O–H groups in total. The van der Waals surface area contributed by atoms with Gasteiger partial charge in [0, 0.05) is 46.4 Å². The highest BCUT2D eigenvalue weighted by molar-refractivity contribution is 7.89. The first-order valence-electron chi connectivity index (χ1n) is 10.2. The highest BCUT2D eigenvalue weighted by Gasteiger charge is 2.25. The van der Waals surface area contributed by atoms with E-state index < -0.39 is 10.0 Å². The minimum Gasteiger partial charge on any atom is -0.382 e. The molecule has 8 heteroatoms. The Balaban J connectivity index is 1.79. The van der Waals surface area contributed by atoms with Crippen molar-refractivity contribution in [1.82, 2.24) is 14.9 Å². The number of nitrogens with zero attached hydrogens (tertiary/aromatic N) is 2. The lowest BCUT2D eigenvalue weighted by atomic mass is 10.2. The smallest absolute Gasteiger partial charge is 0.243 e. The average Bonchev–Trinajstić information content (AvgIpc) is 2.73. The summed E-state index contributed by atoms with van der Waals surface area (Å²) in [7, 11) is -1.63. The van der Waals surface area contributed by atoms with Gasteiger partial charge in [-0.05, 0) is 50.3 Å². The predicted molar refractivity (Wildman–Crippen MR) is 113 cm³/mol. The third kappa shape index (κ3) is 7.07. The second-order valence-electron chi connectivity index (χ2n) is 6.87. The normalized spacial score (nSPS) is 16.1. The van der Waals surface area contributed by atoms with Crippen LogP contribution in [0.1, 0.15) is 44.6 Å². The molecule has 0 atom stereocenters. The van der Waals surface area contributed by atoms with Gasteiger partial charge in [0.25, 0.3) is 0 Å². The summed E-state index contributed by atoms with van der Waals surface area (Å²) in [6.45, 7) is 6.21. The van der Waals surface area contributed by atoms with E-state index in [0.717, 1.165) is 63.4 Å². The molecule has 0 bridgehead atoms. The van der Waals surface area contributed by atoms with Crippen molar-refractivity contribution in [1.29, 1.82) is 0 Å². The first kappa shape index (κ1) is 22.6. The summed E-state index contributed by atoms with van der Waals surface area (Å²) in [6, 6.07) is 7.12. The van der Waals surface area contributed by atoms with E-state index in [0.29, 0.717) is 24.5 Å². The standard InChI is InChI=1S/C20H34N4O3S/c1-3-27-16-8-5-13-22-20(21-2)23-17-18-9-11-19(12-10-18)28(25,26)24-14-6-4-7-15-24/h9-12H,3-8,13-17H2,1-2H3,(H2,21,22,23). The van der Waals surface area contributed by atoms with Gasteiger partial charge in [-0.2, -0.15) is 4.31 Å². The Kier molecular flexibility index (Phi) is 9.73. The second kappa shape index (κ2) is 12.0. The number of aliphatic imine (C=N–C) groups is 1. The van der Waals surface area contributed by atoms with Crippen molar-refractivity contribution in [2.75, 3.05) is 39.9 Å². The molecule has 0 saturated carbocycles. The van der Waals surface area contributed by atoms with Gasteiger partial charge in [0.05, 0.1) is 4.90 Å². The minimum absolute atomic E-state index is 0.370. The SMILES string of the molecule is CCOCCCCNC(=NC)NCc1ccc(S(=O)(=O)N2CCCCC2)cc1. The van der Waals surface area contributed by atoms with Crippen LogP contribution in [0.2, 0.25) is 0 Å². The predicted octanol–water partition coefficient (Wildman–Crippen LogP) is 2.34. The summed E-state index contributed by atoms with van der Waals surface area (Å²) in [5, 5.41) is 6.53. The van der Waals surface area contributed by atoms with Crippen LogP contribution in [0.25, 0.3) is 0 Å². The molecule has 1 aromatic carbocycles. The lowest BCUT2D eigenvalue weighted by Crippen LogP contribution is -2.37. The van der Waals surface area contributed by atoms with Crippen molar-refractivity contribution in [2.45, 2.75) is 50.5 Å². The molecule has 0 spiro atoms. The van der Waals surface area contributed by atoms with Gasteiger partial charge in [-0.3, -0.25) is 4.99 Å². The lowest BCUT2D eigenvalue weighted by Gasteiger charge is -2.25. The van der Waals surface area contributed by atoms with E-state index >= 15 is 0 Å². The van der Waals surface area contributed by atoms with Gasteiger partial charge in [0.2, 0.25) is 10.0 Å². The number of piperidine rings is 1. The maximum Gasteiger partial charge on any atom is 0.243 e. The number of rotatable bonds is 10. The summed E-state index contributed by atoms with van der Waals surface area (Å²) >= 11 is 0. The zero-order valence-electron chi connectivity index (χ0n) is 17.1. The molecule has 1 saturated heterocycles. The Bertz CT molecular complexity index is 699. The molecule has 0 amide bonds. The Hall–Kier alpha value is -1.64. The van der Waals surface area contributed by atoms with Crippen LogP contribution in [0.5, 0.6) is 0 Å². The van der Waals surface area contributed by atoms with E-state index in [1.165, 1.54) is 0 Å². The highest BCUT2D eigenvalue weighted by atomic mass is 32.2. The Morgan fingerprint density at radius 2 is 1.82 bits per heavy atom. The van der Waals surface area contributed by atoms with Crippen LogP contribution in [0, 0.1) is 0 Å². The molecular formula is C20H34N4O3S. The van der Waals surface area contributed by atoms with Crippen LogP contribution in [-0.2, 0) is 21.3 Å². The number of hydrogen-bond acceptors (Lipinski definition) is 4. The van der Waals surface area contributed by atoms with Crippen molar-refractivity contribution >= 4 is 16.0 Å². The molecule has 0 aromatic heterocycles. The summed E-state index contributed by atoms with van der Waals surface area (Å²) in [4.78, 5) is 4.59. The average molecular weight is 411 g/mol. The minimum atomic E-state index is -3.37. The number of sulfonamides is 1. The van der Waals surface area contributed by atoms with Crippen molar-refractivity contribution in [3.8, 4) is 0 Å². The molecule has 0 radical (unpaired) electrons. The molecule has 2 rings (SSSR count). The van der Waals surface area contributed by atoms with Gasteiger partial charge in [0.1, 0.15) is 0 Å². The summed E-state index contributed by atoms with van der Waals surface area (Å²) in [5.41, 5.74) is 1.01. The molecule has 0 unspecified atom stereocenters. The van der Waals surface area contributed by atoms with Gasteiger partial charge in [-0.25, -0.2) is 8.42 Å². The molecule has 1 heterocycles. The van der Waals surface area contributed by atoms with E-state index in [4.69, 9.17) is 4.74 Å². The third-order valence-electron chi connectivity index (χ3n) is 4.77. The Morgan fingerprint density at radius 3 is 2.46 bits per heavy atom. The zero-order valence-corrected chi connectivity index (χ0v) is 17.9. The topological polar surface area (TPSA) is 83.0 Å². The van der Waals surface area contributed by atoms with Crippen molar-refractivity contribution in [3.05, 3.63) is 29.8 Å². The maximum absolute atomic E-state index is 12.7. The maximum atomic E-state index is 12.7. The van der Waals surface area contributed by atoms with Gasteiger partial charge < -0.3 is 15.4 Å². The zero-order chi connectivity index (χ0) is 20.2. The van der Waals surface area contributed by atoms with E-state index in [1.807, 2.05) is 19.1 Å². The number of unbranched alkanes of at least 4 members (excludes halogenated alkanes) is 1. The lowest BCUT2D eigenvalue weighted by molar-refractivity contribution is 0.143. The van der Waals surface area contributed by atoms with Crippen LogP contribution in [0.3, 0.4) is 0 Å². The fourth-order valence-corrected chi connectivity index (χ4v) is 4.64. The molecular weight excluding hydrogens is 376 g/mol. The number of hydrogen-bond donors (Lipinski definition) is 2. The summed E-state index contributed by atoms with van der Waals surface area (Å²) in [6.07, 6.45) is 5.03. The highest BCUT2D eigenvalue weighted by Crippen LogP contribution is 2.20. The van der Waals surface area contributed by atoms with Crippen LogP contribution < -0.4 is 10.6 Å². The van der Waals surface area contributed by atoms with Gasteiger partial charge in [-0.15, -0.1) is 0 Å². The fourth-order valence-electron chi connectivity index (χ4n) is 3.12. The largest absolute Gasteiger partial charge is 0.382 e. The first-order valence-corrected chi connectivity index (χ1v) is 11.6. The third-order valence-corrected chi connectivity index (χ3v) is 6.68. The molecule has 28 heavy (non-hydrogen) atoms. The second-order valence-corrected chi connectivity index (χ2v) is 8.80. The molecule has 0 aliphatic carbocycles.